The maximum atomic E-state index is 14.9. The van der Waals surface area contributed by atoms with Crippen molar-refractivity contribution in [2.24, 2.45) is 5.92 Å². The fraction of sp³-hybridized carbons (Fsp3) is 0.556. The summed E-state index contributed by atoms with van der Waals surface area (Å²) in [4.78, 5) is 15.1. The van der Waals surface area contributed by atoms with E-state index >= 15 is 0 Å². The zero-order valence-corrected chi connectivity index (χ0v) is 23.9. The van der Waals surface area contributed by atoms with E-state index in [0.29, 0.717) is 42.8 Å². The van der Waals surface area contributed by atoms with Crippen molar-refractivity contribution in [2.45, 2.75) is 77.8 Å². The molecule has 12 heteroatoms. The Morgan fingerprint density at radius 3 is 2.08 bits per heavy atom. The second kappa shape index (κ2) is 13.6. The van der Waals surface area contributed by atoms with E-state index in [1.165, 1.54) is 12.1 Å². The van der Waals surface area contributed by atoms with Crippen molar-refractivity contribution >= 4 is 19.8 Å². The first-order valence-corrected chi connectivity index (χ1v) is 13.2. The van der Waals surface area contributed by atoms with Gasteiger partial charge in [0.1, 0.15) is 16.8 Å². The molecule has 0 bridgehead atoms. The quantitative estimate of drug-likeness (QED) is 0.363. The number of alkyl halides is 5. The predicted molar refractivity (Wildman–Crippen MR) is 139 cm³/mol. The van der Waals surface area contributed by atoms with Crippen molar-refractivity contribution in [1.29, 1.82) is 5.26 Å². The lowest BCUT2D eigenvalue weighted by atomic mass is 9.99. The first kappa shape index (κ1) is 34.3. The molecule has 0 atom stereocenters. The molecule has 39 heavy (non-hydrogen) atoms. The first-order valence-electron chi connectivity index (χ1n) is 12.3. The number of rotatable bonds is 6. The van der Waals surface area contributed by atoms with Gasteiger partial charge in [0.15, 0.2) is 6.20 Å². The molecule has 2 aromatic heterocycles. The Hall–Kier alpha value is -2.70. The number of H-pyrrole nitrogens is 1. The molecular weight excluding hydrogens is 543 g/mol. The maximum absolute atomic E-state index is 14.9. The normalized spacial score (nSPS) is 14.2. The van der Waals surface area contributed by atoms with Crippen LogP contribution in [0, 0.1) is 23.1 Å². The lowest BCUT2D eigenvalue weighted by Crippen LogP contribution is -2.49. The van der Waals surface area contributed by atoms with Gasteiger partial charge in [-0.05, 0) is 47.7 Å². The number of carbonyl (C=O) groups is 1. The van der Waals surface area contributed by atoms with Crippen LogP contribution >= 0.6 is 8.19 Å². The number of anilines is 1. The van der Waals surface area contributed by atoms with Gasteiger partial charge in [-0.2, -0.15) is 27.2 Å². The molecule has 1 aliphatic carbocycles. The molecule has 0 unspecified atom stereocenters. The summed E-state index contributed by atoms with van der Waals surface area (Å²) < 4.78 is 80.6. The molecule has 0 aliphatic heterocycles. The molecular formula is C27H35F6N3O2P+. The number of aliphatic hydroxyl groups is 1. The Balaban J connectivity index is 0.00000116. The van der Waals surface area contributed by atoms with E-state index in [4.69, 9.17) is 5.11 Å². The van der Waals surface area contributed by atoms with E-state index in [1.54, 1.807) is 19.6 Å². The Bertz CT molecular complexity index is 1170. The third kappa shape index (κ3) is 8.64. The minimum absolute atomic E-state index is 0.139. The molecule has 2 heterocycles. The minimum atomic E-state index is -5.82. The van der Waals surface area contributed by atoms with Crippen LogP contribution in [0.15, 0.2) is 24.1 Å². The molecule has 3 rings (SSSR count). The van der Waals surface area contributed by atoms with Crippen molar-refractivity contribution in [1.82, 2.24) is 0 Å². The average molecular weight is 579 g/mol. The average Bonchev–Trinajstić information content (AvgIpc) is 3.64. The Morgan fingerprint density at radius 1 is 1.15 bits per heavy atom. The van der Waals surface area contributed by atoms with Crippen molar-refractivity contribution in [3.63, 3.8) is 0 Å². The lowest BCUT2D eigenvalue weighted by molar-refractivity contribution is -0.363. The number of nitrogens with zero attached hydrogens (tertiary/aromatic N) is 2. The fourth-order valence-corrected chi connectivity index (χ4v) is 4.52. The van der Waals surface area contributed by atoms with E-state index < -0.39 is 35.8 Å². The topological polar surface area (TPSA) is 78.5 Å². The molecule has 5 nitrogen and oxygen atoms in total. The fourth-order valence-electron chi connectivity index (χ4n) is 3.48. The highest BCUT2D eigenvalue weighted by Crippen LogP contribution is 2.49. The van der Waals surface area contributed by atoms with Gasteiger partial charge in [0, 0.05) is 20.1 Å². The number of hydrogen-bond acceptors (Lipinski definition) is 3. The number of halogens is 6. The van der Waals surface area contributed by atoms with Gasteiger partial charge in [-0.15, -0.1) is 0 Å². The van der Waals surface area contributed by atoms with Gasteiger partial charge >= 0.3 is 12.1 Å². The number of amides is 1. The minimum Gasteiger partial charge on any atom is -0.400 e. The summed E-state index contributed by atoms with van der Waals surface area (Å²) in [6.45, 7) is 8.89. The van der Waals surface area contributed by atoms with Gasteiger partial charge in [0.2, 0.25) is 11.6 Å². The molecule has 1 saturated carbocycles. The second-order valence-electron chi connectivity index (χ2n) is 10.1. The molecule has 0 spiro atoms. The Morgan fingerprint density at radius 2 is 1.69 bits per heavy atom. The highest BCUT2D eigenvalue weighted by Gasteiger charge is 2.58. The van der Waals surface area contributed by atoms with Crippen LogP contribution < -0.4 is 9.88 Å². The predicted octanol–water partition coefficient (Wildman–Crippen LogP) is 7.39. The summed E-state index contributed by atoms with van der Waals surface area (Å²) in [5.74, 6) is -4.48. The maximum Gasteiger partial charge on any atom is 0.455 e. The molecule has 2 N–H and O–H groups in total. The largest absolute Gasteiger partial charge is 0.455 e. The Kier molecular flexibility index (Phi) is 12.0. The zero-order valence-electron chi connectivity index (χ0n) is 23.1. The Labute approximate surface area is 227 Å². The third-order valence-electron chi connectivity index (χ3n) is 5.64. The number of pyridine rings is 1. The van der Waals surface area contributed by atoms with Crippen LogP contribution in [-0.4, -0.2) is 36.8 Å². The highest BCUT2D eigenvalue weighted by atomic mass is 31.0. The van der Waals surface area contributed by atoms with Gasteiger partial charge in [-0.25, -0.2) is 9.37 Å². The number of nitrogens with one attached hydrogen (secondary N) is 1. The van der Waals surface area contributed by atoms with E-state index in [2.05, 4.69) is 31.8 Å². The molecule has 0 aromatic carbocycles. The zero-order chi connectivity index (χ0) is 30.3. The molecule has 1 aliphatic rings. The van der Waals surface area contributed by atoms with Crippen LogP contribution in [0.5, 0.6) is 0 Å². The smallest absolute Gasteiger partial charge is 0.400 e. The van der Waals surface area contributed by atoms with Gasteiger partial charge in [0.05, 0.1) is 18.0 Å². The van der Waals surface area contributed by atoms with E-state index in [1.807, 2.05) is 0 Å². The number of nitriles is 1. The lowest BCUT2D eigenvalue weighted by Gasteiger charge is -2.28. The van der Waals surface area contributed by atoms with Crippen LogP contribution in [-0.2, 0) is 10.2 Å². The van der Waals surface area contributed by atoms with Crippen molar-refractivity contribution < 1.29 is 41.2 Å². The molecule has 216 valence electrons. The summed E-state index contributed by atoms with van der Waals surface area (Å²) >= 11 is 0. The molecule has 2 aromatic rings. The summed E-state index contributed by atoms with van der Waals surface area (Å²) in [7, 11) is 1.47. The SMILES string of the molecule is CC(=O)N(CC(F)(F)C(F)(F)F)c1c[nH+]c(-c2pcc(C3(C#N)CC3)cc2F)cc1C(C)C.CC(C)C.CO. The molecule has 0 saturated heterocycles. The first-order chi connectivity index (χ1) is 18.0. The summed E-state index contributed by atoms with van der Waals surface area (Å²) in [6, 6.07) is 4.95. The van der Waals surface area contributed by atoms with Crippen LogP contribution in [0.4, 0.5) is 32.0 Å². The van der Waals surface area contributed by atoms with E-state index in [9.17, 15) is 36.4 Å². The van der Waals surface area contributed by atoms with Crippen molar-refractivity contribution in [3.8, 4) is 17.1 Å². The number of carbonyl (C=O) groups excluding carboxylic acids is 1. The van der Waals surface area contributed by atoms with E-state index in [0.717, 1.165) is 26.1 Å². The summed E-state index contributed by atoms with van der Waals surface area (Å²) in [6.07, 6.45) is -3.36. The van der Waals surface area contributed by atoms with Crippen LogP contribution in [0.25, 0.3) is 11.0 Å². The molecule has 1 fully saturated rings. The van der Waals surface area contributed by atoms with Gasteiger partial charge in [-0.3, -0.25) is 4.79 Å². The monoisotopic (exact) mass is 578 g/mol. The van der Waals surface area contributed by atoms with Gasteiger partial charge < -0.3 is 10.0 Å². The standard InChI is InChI=1S/C22H20F6N3OP.C4H10.CH4O/c1-12(2)15-7-17(19-16(23)6-14(9-33-19)20(10-29)4-5-20)30-8-18(15)31(13(3)32)11-21(24,25)22(26,27)28;1-4(2)3;1-2/h6-9,12H,4-5,11H2,1-3H3;4H,1-3H3;2H,1H3/p+1. The molecule has 0 radical (unpaired) electrons. The van der Waals surface area contributed by atoms with E-state index in [-0.39, 0.29) is 16.9 Å². The number of aromatic nitrogens is 1. The van der Waals surface area contributed by atoms with Crippen molar-refractivity contribution in [3.05, 3.63) is 41.1 Å². The van der Waals surface area contributed by atoms with Crippen LogP contribution in [0.3, 0.4) is 0 Å². The van der Waals surface area contributed by atoms with Crippen LogP contribution in [0.1, 0.15) is 71.4 Å². The van der Waals surface area contributed by atoms with Crippen LogP contribution in [0.2, 0.25) is 0 Å². The third-order valence-corrected chi connectivity index (χ3v) is 6.76. The summed E-state index contributed by atoms with van der Waals surface area (Å²) in [5.41, 5.74) is 0.406. The number of aromatic amines is 1. The summed E-state index contributed by atoms with van der Waals surface area (Å²) in [5, 5.41) is 16.6. The highest BCUT2D eigenvalue weighted by molar-refractivity contribution is 7.33. The second-order valence-corrected chi connectivity index (χ2v) is 11.1. The van der Waals surface area contributed by atoms with Gasteiger partial charge in [-0.1, -0.05) is 42.8 Å². The molecule has 1 amide bonds. The number of hydrogen-bond donors (Lipinski definition) is 1. The van der Waals surface area contributed by atoms with Crippen molar-refractivity contribution in [2.75, 3.05) is 18.6 Å². The van der Waals surface area contributed by atoms with Gasteiger partial charge in [0.25, 0.3) is 0 Å². The number of aliphatic hydroxyl groups excluding tert-OH is 1.